The predicted octanol–water partition coefficient (Wildman–Crippen LogP) is 2.44. The summed E-state index contributed by atoms with van der Waals surface area (Å²) in [5.74, 6) is -0.157. The maximum atomic E-state index is 11.9. The van der Waals surface area contributed by atoms with Gasteiger partial charge in [0.25, 0.3) is 0 Å². The third-order valence-electron chi connectivity index (χ3n) is 1.86. The fraction of sp³-hybridized carbons (Fsp3) is 0.846. The smallest absolute Gasteiger partial charge is 0.410 e. The Morgan fingerprint density at radius 1 is 1.22 bits per heavy atom. The lowest BCUT2D eigenvalue weighted by Crippen LogP contribution is -2.42. The molecule has 0 bridgehead atoms. The van der Waals surface area contributed by atoms with Crippen LogP contribution in [0.4, 0.5) is 4.79 Å². The van der Waals surface area contributed by atoms with Gasteiger partial charge in [0.15, 0.2) is 0 Å². The minimum absolute atomic E-state index is 0.0685. The summed E-state index contributed by atoms with van der Waals surface area (Å²) in [6.45, 7) is 11.8. The van der Waals surface area contributed by atoms with Crippen LogP contribution in [-0.4, -0.2) is 42.3 Å². The van der Waals surface area contributed by atoms with Crippen molar-refractivity contribution in [3.63, 3.8) is 0 Å². The summed E-state index contributed by atoms with van der Waals surface area (Å²) in [5.41, 5.74) is -0.568. The molecule has 0 spiro atoms. The van der Waals surface area contributed by atoms with Crippen molar-refractivity contribution in [3.8, 4) is 0 Å². The molecule has 0 rings (SSSR count). The highest BCUT2D eigenvalue weighted by Crippen LogP contribution is 2.11. The Morgan fingerprint density at radius 3 is 2.17 bits per heavy atom. The van der Waals surface area contributed by atoms with E-state index in [4.69, 9.17) is 9.47 Å². The molecule has 0 fully saturated rings. The molecule has 106 valence electrons. The lowest BCUT2D eigenvalue weighted by molar-refractivity contribution is -0.144. The maximum Gasteiger partial charge on any atom is 0.410 e. The van der Waals surface area contributed by atoms with Gasteiger partial charge in [0.2, 0.25) is 0 Å². The molecular weight excluding hydrogens is 234 g/mol. The van der Waals surface area contributed by atoms with E-state index in [2.05, 4.69) is 0 Å². The fourth-order valence-electron chi connectivity index (χ4n) is 1.33. The van der Waals surface area contributed by atoms with Crippen LogP contribution in [0.25, 0.3) is 0 Å². The van der Waals surface area contributed by atoms with Crippen molar-refractivity contribution >= 4 is 12.1 Å². The van der Waals surface area contributed by atoms with Crippen LogP contribution in [0.15, 0.2) is 0 Å². The molecule has 0 radical (unpaired) electrons. The van der Waals surface area contributed by atoms with E-state index in [-0.39, 0.29) is 12.5 Å². The molecule has 0 aromatic rings. The second-order valence-electron chi connectivity index (χ2n) is 5.56. The highest BCUT2D eigenvalue weighted by Gasteiger charge is 2.24. The molecular formula is C13H25NO4. The summed E-state index contributed by atoms with van der Waals surface area (Å²) in [4.78, 5) is 24.7. The van der Waals surface area contributed by atoms with E-state index in [9.17, 15) is 9.59 Å². The summed E-state index contributed by atoms with van der Waals surface area (Å²) < 4.78 is 10.1. The zero-order valence-electron chi connectivity index (χ0n) is 12.3. The van der Waals surface area contributed by atoms with Crippen molar-refractivity contribution in [1.29, 1.82) is 0 Å². The van der Waals surface area contributed by atoms with Crippen LogP contribution in [0.3, 0.4) is 0 Å². The van der Waals surface area contributed by atoms with E-state index >= 15 is 0 Å². The molecule has 0 atom stereocenters. The number of esters is 1. The molecule has 0 aliphatic carbocycles. The average molecular weight is 259 g/mol. The Kier molecular flexibility index (Phi) is 6.73. The third-order valence-corrected chi connectivity index (χ3v) is 1.86. The fourth-order valence-corrected chi connectivity index (χ4v) is 1.33. The van der Waals surface area contributed by atoms with Crippen molar-refractivity contribution in [3.05, 3.63) is 0 Å². The quantitative estimate of drug-likeness (QED) is 0.712. The Hall–Kier alpha value is -1.26. The monoisotopic (exact) mass is 259 g/mol. The number of rotatable bonds is 5. The Morgan fingerprint density at radius 2 is 1.78 bits per heavy atom. The van der Waals surface area contributed by atoms with Crippen molar-refractivity contribution in [1.82, 2.24) is 4.90 Å². The summed E-state index contributed by atoms with van der Waals surface area (Å²) in [6.07, 6.45) is -0.482. The molecule has 0 saturated heterocycles. The lowest BCUT2D eigenvalue weighted by atomic mass is 10.2. The maximum absolute atomic E-state index is 11.9. The molecule has 0 aliphatic heterocycles. The normalized spacial score (nSPS) is 11.3. The van der Waals surface area contributed by atoms with E-state index in [0.717, 1.165) is 0 Å². The molecule has 1 amide bonds. The van der Waals surface area contributed by atoms with E-state index in [1.165, 1.54) is 4.90 Å². The van der Waals surface area contributed by atoms with E-state index in [1.807, 2.05) is 13.8 Å². The van der Waals surface area contributed by atoms with Gasteiger partial charge in [-0.2, -0.15) is 0 Å². The highest BCUT2D eigenvalue weighted by atomic mass is 16.6. The molecule has 0 heterocycles. The number of hydrogen-bond acceptors (Lipinski definition) is 4. The van der Waals surface area contributed by atoms with Crippen molar-refractivity contribution < 1.29 is 19.1 Å². The molecule has 5 heteroatoms. The third kappa shape index (κ3) is 7.92. The van der Waals surface area contributed by atoms with Crippen LogP contribution < -0.4 is 0 Å². The summed E-state index contributed by atoms with van der Waals surface area (Å²) in [6, 6.07) is 0. The van der Waals surface area contributed by atoms with E-state index in [1.54, 1.807) is 27.7 Å². The number of carbonyl (C=O) groups excluding carboxylic acids is 2. The first-order chi connectivity index (χ1) is 8.15. The topological polar surface area (TPSA) is 55.8 Å². The van der Waals surface area contributed by atoms with Crippen LogP contribution in [0, 0.1) is 5.92 Å². The van der Waals surface area contributed by atoms with Gasteiger partial charge in [-0.15, -0.1) is 0 Å². The largest absolute Gasteiger partial charge is 0.465 e. The van der Waals surface area contributed by atoms with Crippen LogP contribution in [0.5, 0.6) is 0 Å². The molecule has 18 heavy (non-hydrogen) atoms. The number of nitrogens with zero attached hydrogens (tertiary/aromatic N) is 1. The van der Waals surface area contributed by atoms with Gasteiger partial charge in [0.05, 0.1) is 6.61 Å². The van der Waals surface area contributed by atoms with Gasteiger partial charge in [-0.05, 0) is 33.6 Å². The van der Waals surface area contributed by atoms with Crippen LogP contribution in [-0.2, 0) is 14.3 Å². The lowest BCUT2D eigenvalue weighted by Gasteiger charge is -2.27. The number of amides is 1. The molecule has 0 aromatic heterocycles. The summed E-state index contributed by atoms with van der Waals surface area (Å²) >= 11 is 0. The van der Waals surface area contributed by atoms with Crippen molar-refractivity contribution in [2.75, 3.05) is 19.7 Å². The SMILES string of the molecule is CCOC(=O)CN(CC(C)C)C(=O)OC(C)(C)C. The minimum atomic E-state index is -0.568. The highest BCUT2D eigenvalue weighted by molar-refractivity contribution is 5.78. The molecule has 0 saturated carbocycles. The van der Waals surface area contributed by atoms with Gasteiger partial charge < -0.3 is 9.47 Å². The van der Waals surface area contributed by atoms with E-state index < -0.39 is 17.7 Å². The summed E-state index contributed by atoms with van der Waals surface area (Å²) in [7, 11) is 0. The number of carbonyl (C=O) groups is 2. The Bertz CT molecular complexity index is 281. The molecule has 0 unspecified atom stereocenters. The zero-order chi connectivity index (χ0) is 14.3. The Balaban J connectivity index is 4.57. The van der Waals surface area contributed by atoms with Gasteiger partial charge in [-0.3, -0.25) is 9.69 Å². The number of hydrogen-bond donors (Lipinski definition) is 0. The second-order valence-corrected chi connectivity index (χ2v) is 5.56. The predicted molar refractivity (Wildman–Crippen MR) is 69.3 cm³/mol. The molecule has 0 aromatic carbocycles. The van der Waals surface area contributed by atoms with Gasteiger partial charge >= 0.3 is 12.1 Å². The standard InChI is InChI=1S/C13H25NO4/c1-7-17-11(15)9-14(8-10(2)3)12(16)18-13(4,5)6/h10H,7-9H2,1-6H3. The van der Waals surface area contributed by atoms with Gasteiger partial charge in [0, 0.05) is 6.54 Å². The van der Waals surface area contributed by atoms with Crippen LogP contribution >= 0.6 is 0 Å². The van der Waals surface area contributed by atoms with E-state index in [0.29, 0.717) is 13.2 Å². The van der Waals surface area contributed by atoms with Gasteiger partial charge in [-0.25, -0.2) is 4.79 Å². The van der Waals surface area contributed by atoms with Gasteiger partial charge in [-0.1, -0.05) is 13.8 Å². The molecule has 0 N–H and O–H groups in total. The first-order valence-corrected chi connectivity index (χ1v) is 6.29. The van der Waals surface area contributed by atoms with Crippen LogP contribution in [0.1, 0.15) is 41.5 Å². The molecule has 0 aliphatic rings. The first kappa shape index (κ1) is 16.7. The first-order valence-electron chi connectivity index (χ1n) is 6.29. The second kappa shape index (κ2) is 7.24. The van der Waals surface area contributed by atoms with Crippen molar-refractivity contribution in [2.24, 2.45) is 5.92 Å². The van der Waals surface area contributed by atoms with Gasteiger partial charge in [0.1, 0.15) is 12.1 Å². The summed E-state index contributed by atoms with van der Waals surface area (Å²) in [5, 5.41) is 0. The van der Waals surface area contributed by atoms with Crippen molar-refractivity contribution in [2.45, 2.75) is 47.1 Å². The zero-order valence-corrected chi connectivity index (χ0v) is 12.3. The Labute approximate surface area is 109 Å². The minimum Gasteiger partial charge on any atom is -0.465 e. The average Bonchev–Trinajstić information content (AvgIpc) is 2.13. The molecule has 5 nitrogen and oxygen atoms in total. The van der Waals surface area contributed by atoms with Crippen LogP contribution in [0.2, 0.25) is 0 Å². The number of ether oxygens (including phenoxy) is 2.